The molecule has 0 aliphatic heterocycles. The quantitative estimate of drug-likeness (QED) is 0.863. The van der Waals surface area contributed by atoms with E-state index in [0.29, 0.717) is 23.6 Å². The summed E-state index contributed by atoms with van der Waals surface area (Å²) in [4.78, 5) is 11.1. The van der Waals surface area contributed by atoms with E-state index < -0.39 is 5.97 Å². The van der Waals surface area contributed by atoms with E-state index in [9.17, 15) is 4.79 Å². The molecule has 5 nitrogen and oxygen atoms in total. The summed E-state index contributed by atoms with van der Waals surface area (Å²) in [5.74, 6) is 2.91. The number of carboxylic acid groups (broad SMARTS) is 1. The van der Waals surface area contributed by atoms with Crippen molar-refractivity contribution in [3.05, 3.63) is 17.3 Å². The third kappa shape index (κ3) is 1.72. The van der Waals surface area contributed by atoms with Crippen LogP contribution >= 0.6 is 0 Å². The molecule has 0 saturated heterocycles. The highest BCUT2D eigenvalue weighted by molar-refractivity contribution is 5.85. The van der Waals surface area contributed by atoms with Gasteiger partial charge in [-0.15, -0.1) is 10.2 Å². The largest absolute Gasteiger partial charge is 0.476 e. The van der Waals surface area contributed by atoms with Crippen LogP contribution in [0.1, 0.15) is 54.1 Å². The first-order chi connectivity index (χ1) is 9.61. The predicted octanol–water partition coefficient (Wildman–Crippen LogP) is 2.30. The van der Waals surface area contributed by atoms with Crippen LogP contribution in [-0.4, -0.2) is 21.3 Å². The Kier molecular flexibility index (Phi) is 2.53. The van der Waals surface area contributed by atoms with Crippen molar-refractivity contribution in [2.45, 2.75) is 38.0 Å². The number of hydrogen-bond acceptors (Lipinski definition) is 4. The number of carboxylic acids is 1. The molecule has 3 N–H and O–H groups in total. The molecule has 0 amide bonds. The summed E-state index contributed by atoms with van der Waals surface area (Å²) in [6, 6.07) is 1.66. The number of aromatic carboxylic acids is 1. The zero-order chi connectivity index (χ0) is 13.9. The van der Waals surface area contributed by atoms with E-state index in [1.54, 1.807) is 6.07 Å². The highest BCUT2D eigenvalue weighted by atomic mass is 16.4. The molecule has 4 bridgehead atoms. The van der Waals surface area contributed by atoms with E-state index in [4.69, 9.17) is 10.8 Å². The summed E-state index contributed by atoms with van der Waals surface area (Å²) in [5.41, 5.74) is 6.96. The minimum absolute atomic E-state index is 0.0167. The summed E-state index contributed by atoms with van der Waals surface area (Å²) in [6.07, 6.45) is 6.53. The third-order valence-electron chi connectivity index (χ3n) is 5.66. The van der Waals surface area contributed by atoms with Gasteiger partial charge in [0.1, 0.15) is 5.82 Å². The number of nitrogens with zero attached hydrogens (tertiary/aromatic N) is 2. The Morgan fingerprint density at radius 1 is 1.10 bits per heavy atom. The fourth-order valence-corrected chi connectivity index (χ4v) is 5.22. The zero-order valence-electron chi connectivity index (χ0n) is 11.3. The standard InChI is InChI=1S/C15H19N3O2/c16-14-11(6-12(15(19)20)17-18-14)13-9-2-7-1-8(4-9)5-10(13)3-7/h6-10,13H,1-5H2,(H2,16,18)(H,19,20). The van der Waals surface area contributed by atoms with Crippen molar-refractivity contribution >= 4 is 11.8 Å². The van der Waals surface area contributed by atoms with Gasteiger partial charge in [-0.3, -0.25) is 0 Å². The van der Waals surface area contributed by atoms with Gasteiger partial charge in [0, 0.05) is 5.56 Å². The average molecular weight is 273 g/mol. The number of nitrogen functional groups attached to an aromatic ring is 1. The van der Waals surface area contributed by atoms with Crippen molar-refractivity contribution in [1.29, 1.82) is 0 Å². The van der Waals surface area contributed by atoms with Crippen molar-refractivity contribution in [3.8, 4) is 0 Å². The first-order valence-corrected chi connectivity index (χ1v) is 7.48. The van der Waals surface area contributed by atoms with E-state index in [1.165, 1.54) is 32.1 Å². The molecule has 0 radical (unpaired) electrons. The van der Waals surface area contributed by atoms with Crippen LogP contribution in [0.15, 0.2) is 6.07 Å². The number of aromatic nitrogens is 2. The van der Waals surface area contributed by atoms with Crippen LogP contribution < -0.4 is 5.73 Å². The molecule has 4 saturated carbocycles. The lowest BCUT2D eigenvalue weighted by atomic mass is 9.51. The van der Waals surface area contributed by atoms with Gasteiger partial charge in [-0.1, -0.05) is 0 Å². The molecule has 4 aliphatic rings. The van der Waals surface area contributed by atoms with Gasteiger partial charge in [0.2, 0.25) is 0 Å². The fraction of sp³-hybridized carbons (Fsp3) is 0.667. The highest BCUT2D eigenvalue weighted by Gasteiger charge is 2.49. The predicted molar refractivity (Wildman–Crippen MR) is 73.2 cm³/mol. The molecule has 5 heteroatoms. The van der Waals surface area contributed by atoms with Gasteiger partial charge in [0.25, 0.3) is 0 Å². The lowest BCUT2D eigenvalue weighted by Crippen LogP contribution is -2.44. The third-order valence-corrected chi connectivity index (χ3v) is 5.66. The summed E-state index contributed by atoms with van der Waals surface area (Å²) in [5, 5.41) is 16.7. The maximum Gasteiger partial charge on any atom is 0.356 e. The number of carbonyl (C=O) groups is 1. The Morgan fingerprint density at radius 2 is 1.70 bits per heavy atom. The van der Waals surface area contributed by atoms with Crippen LogP contribution in [0.2, 0.25) is 0 Å². The number of hydrogen-bond donors (Lipinski definition) is 2. The number of anilines is 1. The summed E-state index contributed by atoms with van der Waals surface area (Å²) in [6.45, 7) is 0. The van der Waals surface area contributed by atoms with Gasteiger partial charge in [0.15, 0.2) is 5.69 Å². The second-order valence-corrected chi connectivity index (χ2v) is 6.83. The smallest absolute Gasteiger partial charge is 0.356 e. The molecular formula is C15H19N3O2. The molecule has 1 aromatic rings. The fourth-order valence-electron chi connectivity index (χ4n) is 5.22. The highest BCUT2D eigenvalue weighted by Crippen LogP contribution is 2.60. The molecule has 20 heavy (non-hydrogen) atoms. The Morgan fingerprint density at radius 3 is 2.25 bits per heavy atom. The van der Waals surface area contributed by atoms with Crippen LogP contribution in [0.4, 0.5) is 5.82 Å². The Labute approximate surface area is 117 Å². The van der Waals surface area contributed by atoms with Crippen molar-refractivity contribution in [3.63, 3.8) is 0 Å². The van der Waals surface area contributed by atoms with Gasteiger partial charge >= 0.3 is 5.97 Å². The van der Waals surface area contributed by atoms with Crippen LogP contribution in [-0.2, 0) is 0 Å². The Balaban J connectivity index is 1.74. The second-order valence-electron chi connectivity index (χ2n) is 6.83. The van der Waals surface area contributed by atoms with Crippen molar-refractivity contribution in [2.75, 3.05) is 5.73 Å². The molecule has 0 atom stereocenters. The average Bonchev–Trinajstić information content (AvgIpc) is 2.39. The molecule has 0 spiro atoms. The summed E-state index contributed by atoms with van der Waals surface area (Å²) in [7, 11) is 0. The first kappa shape index (κ1) is 12.1. The molecule has 5 rings (SSSR count). The van der Waals surface area contributed by atoms with Gasteiger partial charge in [-0.2, -0.15) is 0 Å². The van der Waals surface area contributed by atoms with Crippen LogP contribution in [0.5, 0.6) is 0 Å². The SMILES string of the molecule is Nc1nnc(C(=O)O)cc1C1C2CC3CC(C2)CC1C3. The van der Waals surface area contributed by atoms with Gasteiger partial charge < -0.3 is 10.8 Å². The van der Waals surface area contributed by atoms with E-state index in [1.807, 2.05) is 0 Å². The van der Waals surface area contributed by atoms with E-state index in [2.05, 4.69) is 10.2 Å². The van der Waals surface area contributed by atoms with E-state index in [-0.39, 0.29) is 5.69 Å². The van der Waals surface area contributed by atoms with Crippen molar-refractivity contribution in [1.82, 2.24) is 10.2 Å². The minimum Gasteiger partial charge on any atom is -0.476 e. The number of rotatable bonds is 2. The topological polar surface area (TPSA) is 89.1 Å². The van der Waals surface area contributed by atoms with Gasteiger partial charge in [0.05, 0.1) is 0 Å². The van der Waals surface area contributed by atoms with Crippen molar-refractivity contribution in [2.24, 2.45) is 23.7 Å². The molecule has 4 fully saturated rings. The normalized spacial score (nSPS) is 38.1. The maximum absolute atomic E-state index is 11.1. The Hall–Kier alpha value is -1.65. The molecule has 4 aliphatic carbocycles. The van der Waals surface area contributed by atoms with Crippen LogP contribution in [0.25, 0.3) is 0 Å². The minimum atomic E-state index is -1.03. The molecule has 106 valence electrons. The lowest BCUT2D eigenvalue weighted by Gasteiger charge is -2.54. The zero-order valence-corrected chi connectivity index (χ0v) is 11.3. The number of nitrogens with two attached hydrogens (primary N) is 1. The molecule has 1 heterocycles. The van der Waals surface area contributed by atoms with E-state index in [0.717, 1.165) is 17.4 Å². The molecule has 1 aromatic heterocycles. The van der Waals surface area contributed by atoms with Crippen molar-refractivity contribution < 1.29 is 9.90 Å². The summed E-state index contributed by atoms with van der Waals surface area (Å²) < 4.78 is 0. The van der Waals surface area contributed by atoms with Crippen LogP contribution in [0, 0.1) is 23.7 Å². The lowest BCUT2D eigenvalue weighted by molar-refractivity contribution is -0.00272. The Bertz CT molecular complexity index is 544. The molecule has 0 unspecified atom stereocenters. The molecule has 0 aromatic carbocycles. The van der Waals surface area contributed by atoms with Crippen LogP contribution in [0.3, 0.4) is 0 Å². The molecular weight excluding hydrogens is 254 g/mol. The van der Waals surface area contributed by atoms with E-state index >= 15 is 0 Å². The van der Waals surface area contributed by atoms with Gasteiger partial charge in [-0.25, -0.2) is 4.79 Å². The monoisotopic (exact) mass is 273 g/mol. The second kappa shape index (κ2) is 4.17. The first-order valence-electron chi connectivity index (χ1n) is 7.48. The van der Waals surface area contributed by atoms with Gasteiger partial charge in [-0.05, 0) is 67.8 Å². The maximum atomic E-state index is 11.1. The summed E-state index contributed by atoms with van der Waals surface area (Å²) >= 11 is 0.